The topological polar surface area (TPSA) is 28.3 Å². The monoisotopic (exact) mass is 420 g/mol. The van der Waals surface area contributed by atoms with E-state index < -0.39 is 0 Å². The number of aromatic nitrogens is 1. The quantitative estimate of drug-likeness (QED) is 0.595. The summed E-state index contributed by atoms with van der Waals surface area (Å²) >= 11 is 6.36. The molecule has 2 aliphatic carbocycles. The van der Waals surface area contributed by atoms with E-state index in [1.807, 2.05) is 6.07 Å². The van der Waals surface area contributed by atoms with Crippen molar-refractivity contribution >= 4 is 22.5 Å². The summed E-state index contributed by atoms with van der Waals surface area (Å²) < 4.78 is 5.60. The maximum atomic E-state index is 6.36. The summed E-state index contributed by atoms with van der Waals surface area (Å²) in [6.07, 6.45) is 6.26. The Bertz CT molecular complexity index is 1100. The molecule has 3 aliphatic rings. The van der Waals surface area contributed by atoms with E-state index in [4.69, 9.17) is 16.3 Å². The summed E-state index contributed by atoms with van der Waals surface area (Å²) in [6, 6.07) is 15.1. The highest BCUT2D eigenvalue weighted by molar-refractivity contribution is 6.31. The van der Waals surface area contributed by atoms with Crippen molar-refractivity contribution in [2.24, 2.45) is 11.8 Å². The highest BCUT2D eigenvalue weighted by Crippen LogP contribution is 2.50. The molecule has 1 N–H and O–H groups in total. The lowest BCUT2D eigenvalue weighted by atomic mass is 9.58. The third-order valence-electron chi connectivity index (χ3n) is 7.89. The van der Waals surface area contributed by atoms with E-state index in [0.717, 1.165) is 29.5 Å². The van der Waals surface area contributed by atoms with Crippen LogP contribution in [0.2, 0.25) is 5.02 Å². The zero-order chi connectivity index (χ0) is 20.3. The number of nitrogens with one attached hydrogen (secondary N) is 1. The minimum absolute atomic E-state index is 0.173. The van der Waals surface area contributed by atoms with Crippen molar-refractivity contribution in [2.45, 2.75) is 37.5 Å². The molecule has 1 saturated carbocycles. The summed E-state index contributed by atoms with van der Waals surface area (Å²) in [5.41, 5.74) is 5.73. The Morgan fingerprint density at radius 2 is 2.10 bits per heavy atom. The van der Waals surface area contributed by atoms with Gasteiger partial charge in [-0.15, -0.1) is 0 Å². The van der Waals surface area contributed by atoms with Gasteiger partial charge in [0, 0.05) is 40.1 Å². The van der Waals surface area contributed by atoms with E-state index >= 15 is 0 Å². The summed E-state index contributed by atoms with van der Waals surface area (Å²) in [7, 11) is 1.77. The second-order valence-electron chi connectivity index (χ2n) is 9.69. The number of ether oxygens (including phenoxy) is 1. The molecule has 2 atom stereocenters. The number of methoxy groups -OCH3 is 1. The molecule has 1 aromatic heterocycles. The summed E-state index contributed by atoms with van der Waals surface area (Å²) in [5, 5.41) is 2.14. The number of aromatic amines is 1. The molecule has 2 unspecified atom stereocenters. The van der Waals surface area contributed by atoms with Gasteiger partial charge >= 0.3 is 0 Å². The van der Waals surface area contributed by atoms with Crippen LogP contribution in [0.3, 0.4) is 0 Å². The first-order valence-electron chi connectivity index (χ1n) is 11.3. The number of rotatable bonds is 4. The molecule has 2 aromatic carbocycles. The Morgan fingerprint density at radius 3 is 2.93 bits per heavy atom. The molecule has 156 valence electrons. The van der Waals surface area contributed by atoms with Crippen LogP contribution < -0.4 is 4.74 Å². The fourth-order valence-corrected chi connectivity index (χ4v) is 6.27. The normalized spacial score (nSPS) is 26.4. The molecule has 0 amide bonds. The van der Waals surface area contributed by atoms with Crippen LogP contribution in [0.1, 0.15) is 36.1 Å². The Labute approximate surface area is 183 Å². The highest BCUT2D eigenvalue weighted by Gasteiger charge is 2.48. The van der Waals surface area contributed by atoms with Crippen LogP contribution in [-0.2, 0) is 18.3 Å². The van der Waals surface area contributed by atoms with Gasteiger partial charge in [0.15, 0.2) is 0 Å². The molecule has 4 heteroatoms. The Kier molecular flexibility index (Phi) is 4.40. The lowest BCUT2D eigenvalue weighted by Crippen LogP contribution is -2.54. The predicted octanol–water partition coefficient (Wildman–Crippen LogP) is 5.60. The minimum atomic E-state index is 0.173. The average molecular weight is 421 g/mol. The zero-order valence-corrected chi connectivity index (χ0v) is 18.3. The minimum Gasteiger partial charge on any atom is -0.497 e. The first-order valence-corrected chi connectivity index (χ1v) is 11.7. The van der Waals surface area contributed by atoms with Gasteiger partial charge in [0.1, 0.15) is 5.75 Å². The van der Waals surface area contributed by atoms with Crippen LogP contribution in [0.5, 0.6) is 5.75 Å². The van der Waals surface area contributed by atoms with Crippen molar-refractivity contribution < 1.29 is 4.74 Å². The van der Waals surface area contributed by atoms with Crippen molar-refractivity contribution in [3.63, 3.8) is 0 Å². The van der Waals surface area contributed by atoms with Gasteiger partial charge in [0.25, 0.3) is 0 Å². The lowest BCUT2D eigenvalue weighted by Gasteiger charge is -2.51. The van der Waals surface area contributed by atoms with Crippen LogP contribution in [0.4, 0.5) is 0 Å². The molecule has 30 heavy (non-hydrogen) atoms. The van der Waals surface area contributed by atoms with Gasteiger partial charge < -0.3 is 14.6 Å². The van der Waals surface area contributed by atoms with Crippen molar-refractivity contribution in [1.29, 1.82) is 0 Å². The predicted molar refractivity (Wildman–Crippen MR) is 123 cm³/mol. The molecule has 1 saturated heterocycles. The summed E-state index contributed by atoms with van der Waals surface area (Å²) in [6.45, 7) is 3.68. The molecule has 6 rings (SSSR count). The summed E-state index contributed by atoms with van der Waals surface area (Å²) in [5.74, 6) is 2.53. The van der Waals surface area contributed by atoms with Gasteiger partial charge in [-0.05, 0) is 91.9 Å². The highest BCUT2D eigenvalue weighted by atomic mass is 35.5. The third-order valence-corrected chi connectivity index (χ3v) is 8.13. The second-order valence-corrected chi connectivity index (χ2v) is 10.1. The van der Waals surface area contributed by atoms with Gasteiger partial charge in [0.2, 0.25) is 0 Å². The van der Waals surface area contributed by atoms with Crippen LogP contribution in [0, 0.1) is 11.8 Å². The fourth-order valence-electron chi connectivity index (χ4n) is 6.10. The van der Waals surface area contributed by atoms with Gasteiger partial charge in [-0.1, -0.05) is 23.7 Å². The smallest absolute Gasteiger partial charge is 0.119 e. The molecule has 2 heterocycles. The number of likely N-dealkylation sites (tertiary alicyclic amines) is 1. The number of H-pyrrole nitrogens is 1. The number of piperidine rings is 1. The SMILES string of the molecule is COc1cccc(C23CCN(CC4CC4)CC2Cc2c([nH]c4ccc(Cl)cc24)C3)c1. The molecular formula is C26H29ClN2O. The molecule has 0 spiro atoms. The number of benzene rings is 2. The standard InChI is InChI=1S/C26H29ClN2O/c1-30-21-4-2-3-18(11-21)26-9-10-29(15-17-5-6-17)16-19(26)12-22-23-13-20(27)7-8-24(23)28-25(22)14-26/h2-4,7-8,11,13,17,19,28H,5-6,9-10,12,14-16H2,1H3. The molecular weight excluding hydrogens is 392 g/mol. The average Bonchev–Trinajstić information content (AvgIpc) is 3.52. The number of halogens is 1. The van der Waals surface area contributed by atoms with Crippen molar-refractivity contribution in [3.05, 3.63) is 64.3 Å². The van der Waals surface area contributed by atoms with Crippen molar-refractivity contribution in [2.75, 3.05) is 26.7 Å². The van der Waals surface area contributed by atoms with E-state index in [9.17, 15) is 0 Å². The van der Waals surface area contributed by atoms with Gasteiger partial charge in [-0.2, -0.15) is 0 Å². The number of hydrogen-bond acceptors (Lipinski definition) is 2. The van der Waals surface area contributed by atoms with E-state index in [2.05, 4.69) is 46.3 Å². The molecule has 3 nitrogen and oxygen atoms in total. The van der Waals surface area contributed by atoms with Crippen LogP contribution in [0.25, 0.3) is 10.9 Å². The van der Waals surface area contributed by atoms with Crippen LogP contribution in [-0.4, -0.2) is 36.6 Å². The third kappa shape index (κ3) is 3.06. The van der Waals surface area contributed by atoms with Crippen molar-refractivity contribution in [3.8, 4) is 5.75 Å². The van der Waals surface area contributed by atoms with E-state index in [-0.39, 0.29) is 5.41 Å². The van der Waals surface area contributed by atoms with Crippen LogP contribution in [0.15, 0.2) is 42.5 Å². The molecule has 3 aromatic rings. The Morgan fingerprint density at radius 1 is 1.20 bits per heavy atom. The molecule has 0 radical (unpaired) electrons. The number of fused-ring (bicyclic) bond motifs is 4. The first kappa shape index (κ1) is 18.8. The zero-order valence-electron chi connectivity index (χ0n) is 17.6. The van der Waals surface area contributed by atoms with Gasteiger partial charge in [-0.25, -0.2) is 0 Å². The van der Waals surface area contributed by atoms with Gasteiger partial charge in [0.05, 0.1) is 7.11 Å². The second kappa shape index (κ2) is 7.03. The Balaban J connectivity index is 1.44. The fraction of sp³-hybridized carbons (Fsp3) is 0.462. The summed E-state index contributed by atoms with van der Waals surface area (Å²) in [4.78, 5) is 6.49. The molecule has 1 aliphatic heterocycles. The lowest BCUT2D eigenvalue weighted by molar-refractivity contribution is 0.0783. The Hall–Kier alpha value is -1.97. The van der Waals surface area contributed by atoms with Crippen molar-refractivity contribution in [1.82, 2.24) is 9.88 Å². The first-order chi connectivity index (χ1) is 14.6. The molecule has 0 bridgehead atoms. The number of nitrogens with zero attached hydrogens (tertiary/aromatic N) is 1. The largest absolute Gasteiger partial charge is 0.497 e. The maximum Gasteiger partial charge on any atom is 0.119 e. The number of hydrogen-bond donors (Lipinski definition) is 1. The van der Waals surface area contributed by atoms with Gasteiger partial charge in [-0.3, -0.25) is 0 Å². The van der Waals surface area contributed by atoms with E-state index in [1.54, 1.807) is 7.11 Å². The molecule has 2 fully saturated rings. The van der Waals surface area contributed by atoms with E-state index in [1.165, 1.54) is 66.6 Å². The maximum absolute atomic E-state index is 6.36. The van der Waals surface area contributed by atoms with Crippen LogP contribution >= 0.6 is 11.6 Å². The van der Waals surface area contributed by atoms with E-state index in [0.29, 0.717) is 5.92 Å².